The molecule has 0 aromatic rings. The van der Waals surface area contributed by atoms with Crippen molar-refractivity contribution in [1.82, 2.24) is 9.80 Å². The molecule has 68 valence electrons. The Balaban J connectivity index is 0.000000120. The van der Waals surface area contributed by atoms with Crippen molar-refractivity contribution in [2.75, 3.05) is 33.7 Å². The molecule has 0 saturated carbocycles. The molecule has 0 spiro atoms. The Morgan fingerprint density at radius 1 is 1.17 bits per heavy atom. The molecule has 2 saturated heterocycles. The van der Waals surface area contributed by atoms with Crippen LogP contribution < -0.4 is 0 Å². The molecule has 2 fully saturated rings. The molecule has 4 heteroatoms. The van der Waals surface area contributed by atoms with E-state index in [1.54, 1.807) is 4.90 Å². The molecule has 2 aliphatic heterocycles. The largest absolute Gasteiger partial charge is 0.345 e. The number of nitrogens with zero attached hydrogens (tertiary/aromatic N) is 2. The fourth-order valence-corrected chi connectivity index (χ4v) is 0.982. The number of ketones is 1. The van der Waals surface area contributed by atoms with Crippen LogP contribution in [0.4, 0.5) is 0 Å². The Kier molecular flexibility index (Phi) is 2.81. The average molecular weight is 170 g/mol. The Bertz CT molecular complexity index is 195. The summed E-state index contributed by atoms with van der Waals surface area (Å²) in [5.41, 5.74) is 0. The first-order valence-electron chi connectivity index (χ1n) is 4.04. The predicted octanol–water partition coefficient (Wildman–Crippen LogP) is -0.651. The van der Waals surface area contributed by atoms with Crippen molar-refractivity contribution >= 4 is 11.7 Å². The first-order valence-corrected chi connectivity index (χ1v) is 4.04. The highest BCUT2D eigenvalue weighted by atomic mass is 16.2. The van der Waals surface area contributed by atoms with Crippen molar-refractivity contribution < 1.29 is 9.59 Å². The van der Waals surface area contributed by atoms with Crippen LogP contribution in [0.25, 0.3) is 0 Å². The number of hydrogen-bond acceptors (Lipinski definition) is 3. The molecule has 0 radical (unpaired) electrons. The van der Waals surface area contributed by atoms with Gasteiger partial charge < -0.3 is 4.90 Å². The summed E-state index contributed by atoms with van der Waals surface area (Å²) in [5.74, 6) is 0.632. The summed E-state index contributed by atoms with van der Waals surface area (Å²) in [5, 5.41) is 0. The maximum absolute atomic E-state index is 10.2. The van der Waals surface area contributed by atoms with Crippen molar-refractivity contribution in [2.24, 2.45) is 0 Å². The summed E-state index contributed by atoms with van der Waals surface area (Å²) in [4.78, 5) is 23.9. The number of β-lactam (4-membered cyclic amide) rings is 1. The van der Waals surface area contributed by atoms with Gasteiger partial charge in [0.25, 0.3) is 0 Å². The van der Waals surface area contributed by atoms with Crippen molar-refractivity contribution in [3.8, 4) is 0 Å². The maximum atomic E-state index is 10.2. The zero-order valence-electron chi connectivity index (χ0n) is 7.54. The van der Waals surface area contributed by atoms with Crippen LogP contribution in [0, 0.1) is 0 Å². The van der Waals surface area contributed by atoms with Crippen LogP contribution >= 0.6 is 0 Å². The maximum Gasteiger partial charge on any atom is 0.224 e. The van der Waals surface area contributed by atoms with Crippen molar-refractivity contribution in [3.63, 3.8) is 0 Å². The molecule has 0 aromatic carbocycles. The normalized spacial score (nSPS) is 22.3. The highest BCUT2D eigenvalue weighted by Gasteiger charge is 2.17. The van der Waals surface area contributed by atoms with E-state index in [0.717, 1.165) is 13.0 Å². The topological polar surface area (TPSA) is 40.6 Å². The van der Waals surface area contributed by atoms with E-state index < -0.39 is 0 Å². The van der Waals surface area contributed by atoms with Gasteiger partial charge in [-0.15, -0.1) is 0 Å². The van der Waals surface area contributed by atoms with Crippen LogP contribution in [0.5, 0.6) is 0 Å². The van der Waals surface area contributed by atoms with Gasteiger partial charge in [0.2, 0.25) is 5.91 Å². The molecule has 0 unspecified atom stereocenters. The Morgan fingerprint density at radius 2 is 1.67 bits per heavy atom. The predicted molar refractivity (Wildman–Crippen MR) is 44.8 cm³/mol. The SMILES string of the molecule is CN1CC(=O)C1.CN1CCC1=O. The van der Waals surface area contributed by atoms with E-state index in [0.29, 0.717) is 18.9 Å². The standard InChI is InChI=1S/2C4H7NO/c1-5-2-4(6)3-5;1-5-3-2-4(5)6/h2*2-3H2,1H3. The fraction of sp³-hybridized carbons (Fsp3) is 0.750. The smallest absolute Gasteiger partial charge is 0.224 e. The lowest BCUT2D eigenvalue weighted by molar-refractivity contribution is -0.137. The molecule has 2 heterocycles. The minimum atomic E-state index is 0.273. The lowest BCUT2D eigenvalue weighted by atomic mass is 10.2. The van der Waals surface area contributed by atoms with Gasteiger partial charge in [0.1, 0.15) is 0 Å². The second-order valence-electron chi connectivity index (χ2n) is 3.28. The first kappa shape index (κ1) is 9.19. The van der Waals surface area contributed by atoms with Gasteiger partial charge in [-0.3, -0.25) is 14.5 Å². The number of carbonyl (C=O) groups excluding carboxylic acids is 2. The summed E-state index contributed by atoms with van der Waals surface area (Å²) in [6.45, 7) is 2.29. The summed E-state index contributed by atoms with van der Waals surface area (Å²) in [7, 11) is 3.74. The fourth-order valence-electron chi connectivity index (χ4n) is 0.982. The number of hydrogen-bond donors (Lipinski definition) is 0. The lowest BCUT2D eigenvalue weighted by Crippen LogP contribution is -2.43. The van der Waals surface area contributed by atoms with Gasteiger partial charge in [0.15, 0.2) is 5.78 Å². The quantitative estimate of drug-likeness (QED) is 0.454. The van der Waals surface area contributed by atoms with Crippen LogP contribution in [0.15, 0.2) is 0 Å². The molecule has 0 atom stereocenters. The number of likely N-dealkylation sites (N-methyl/N-ethyl adjacent to an activating group) is 1. The molecule has 0 bridgehead atoms. The van der Waals surface area contributed by atoms with Gasteiger partial charge in [-0.1, -0.05) is 0 Å². The molecular formula is C8H14N2O2. The number of rotatable bonds is 0. The summed E-state index contributed by atoms with van der Waals surface area (Å²) < 4.78 is 0. The highest BCUT2D eigenvalue weighted by Crippen LogP contribution is 2.01. The minimum Gasteiger partial charge on any atom is -0.345 e. The molecule has 0 aliphatic carbocycles. The zero-order chi connectivity index (χ0) is 9.14. The van der Waals surface area contributed by atoms with Crippen molar-refractivity contribution in [3.05, 3.63) is 0 Å². The third-order valence-corrected chi connectivity index (χ3v) is 1.98. The molecule has 2 aliphatic rings. The van der Waals surface area contributed by atoms with Crippen LogP contribution in [0.1, 0.15) is 6.42 Å². The second-order valence-corrected chi connectivity index (χ2v) is 3.28. The Hall–Kier alpha value is -0.900. The minimum absolute atomic E-state index is 0.273. The van der Waals surface area contributed by atoms with Gasteiger partial charge in [0.05, 0.1) is 13.1 Å². The van der Waals surface area contributed by atoms with Gasteiger partial charge >= 0.3 is 0 Å². The van der Waals surface area contributed by atoms with Crippen molar-refractivity contribution in [2.45, 2.75) is 6.42 Å². The number of Topliss-reactive ketones (excluding diaryl/α,β-unsaturated/α-hetero) is 1. The van der Waals surface area contributed by atoms with Gasteiger partial charge in [-0.05, 0) is 7.05 Å². The average Bonchev–Trinajstić information content (AvgIpc) is 2.00. The van der Waals surface area contributed by atoms with Crippen LogP contribution in [-0.2, 0) is 9.59 Å². The number of likely N-dealkylation sites (tertiary alicyclic amines) is 2. The van der Waals surface area contributed by atoms with E-state index in [-0.39, 0.29) is 5.91 Å². The number of amides is 1. The van der Waals surface area contributed by atoms with E-state index in [1.165, 1.54) is 0 Å². The first-order chi connectivity index (χ1) is 5.59. The second kappa shape index (κ2) is 3.67. The lowest BCUT2D eigenvalue weighted by Gasteiger charge is -2.24. The van der Waals surface area contributed by atoms with E-state index in [4.69, 9.17) is 0 Å². The summed E-state index contributed by atoms with van der Waals surface area (Å²) in [6, 6.07) is 0. The molecule has 2 rings (SSSR count). The van der Waals surface area contributed by atoms with Crippen molar-refractivity contribution in [1.29, 1.82) is 0 Å². The number of carbonyl (C=O) groups is 2. The van der Waals surface area contributed by atoms with Crippen LogP contribution in [0.3, 0.4) is 0 Å². The summed E-state index contributed by atoms with van der Waals surface area (Å²) in [6.07, 6.45) is 0.760. The molecule has 0 aromatic heterocycles. The third-order valence-electron chi connectivity index (χ3n) is 1.98. The summed E-state index contributed by atoms with van der Waals surface area (Å²) >= 11 is 0. The monoisotopic (exact) mass is 170 g/mol. The third kappa shape index (κ3) is 2.30. The molecular weight excluding hydrogens is 156 g/mol. The molecule has 4 nitrogen and oxygen atoms in total. The van der Waals surface area contributed by atoms with Crippen LogP contribution in [-0.4, -0.2) is 55.2 Å². The molecule has 0 N–H and O–H groups in total. The Morgan fingerprint density at radius 3 is 1.67 bits per heavy atom. The van der Waals surface area contributed by atoms with E-state index in [2.05, 4.69) is 0 Å². The van der Waals surface area contributed by atoms with Gasteiger partial charge in [-0.2, -0.15) is 0 Å². The van der Waals surface area contributed by atoms with E-state index >= 15 is 0 Å². The van der Waals surface area contributed by atoms with Crippen LogP contribution in [0.2, 0.25) is 0 Å². The highest BCUT2D eigenvalue weighted by molar-refractivity contribution is 5.87. The zero-order valence-corrected chi connectivity index (χ0v) is 7.54. The van der Waals surface area contributed by atoms with E-state index in [1.807, 2.05) is 19.0 Å². The van der Waals surface area contributed by atoms with Gasteiger partial charge in [-0.25, -0.2) is 0 Å². The Labute approximate surface area is 72.1 Å². The van der Waals surface area contributed by atoms with E-state index in [9.17, 15) is 9.59 Å². The molecule has 1 amide bonds. The van der Waals surface area contributed by atoms with Gasteiger partial charge in [0, 0.05) is 20.0 Å². The molecule has 12 heavy (non-hydrogen) atoms.